The van der Waals surface area contributed by atoms with E-state index < -0.39 is 17.5 Å². The van der Waals surface area contributed by atoms with Gasteiger partial charge in [-0.25, -0.2) is 13.6 Å². The number of alkyl halides is 2. The van der Waals surface area contributed by atoms with Gasteiger partial charge in [-0.2, -0.15) is 0 Å². The summed E-state index contributed by atoms with van der Waals surface area (Å²) in [7, 11) is 1.20. The molecule has 2 aliphatic carbocycles. The van der Waals surface area contributed by atoms with Gasteiger partial charge in [-0.3, -0.25) is 0 Å². The molecule has 0 aliphatic heterocycles. The number of hydrogen-bond donors (Lipinski definition) is 1. The highest BCUT2D eigenvalue weighted by molar-refractivity contribution is 5.79. The molecule has 2 aliphatic rings. The highest BCUT2D eigenvalue weighted by Crippen LogP contribution is 2.54. The van der Waals surface area contributed by atoms with Crippen LogP contribution in [-0.2, 0) is 9.53 Å². The molecule has 0 heterocycles. The van der Waals surface area contributed by atoms with Crippen molar-refractivity contribution in [3.8, 4) is 0 Å². The van der Waals surface area contributed by atoms with Crippen LogP contribution in [-0.4, -0.2) is 29.7 Å². The number of fused-ring (bicyclic) bond motifs is 1. The van der Waals surface area contributed by atoms with Gasteiger partial charge in [0.2, 0.25) is 5.92 Å². The molecule has 0 amide bonds. The first kappa shape index (κ1) is 10.8. The van der Waals surface area contributed by atoms with E-state index in [1.165, 1.54) is 7.11 Å². The Kier molecular flexibility index (Phi) is 2.26. The molecular formula is C10H14F2O3. The smallest absolute Gasteiger partial charge is 0.337 e. The molecule has 2 rings (SSSR count). The van der Waals surface area contributed by atoms with Crippen molar-refractivity contribution in [2.24, 2.45) is 11.8 Å². The molecule has 2 saturated carbocycles. The summed E-state index contributed by atoms with van der Waals surface area (Å²) in [5, 5.41) is 9.92. The van der Waals surface area contributed by atoms with E-state index in [9.17, 15) is 18.7 Å². The van der Waals surface area contributed by atoms with Gasteiger partial charge < -0.3 is 9.84 Å². The van der Waals surface area contributed by atoms with E-state index in [1.807, 2.05) is 0 Å². The molecule has 3 nitrogen and oxygen atoms in total. The van der Waals surface area contributed by atoms with E-state index in [1.54, 1.807) is 0 Å². The second-order valence-electron chi connectivity index (χ2n) is 4.72. The molecule has 0 aromatic rings. The maximum atomic E-state index is 13.0. The van der Waals surface area contributed by atoms with Crippen LogP contribution in [0.5, 0.6) is 0 Å². The van der Waals surface area contributed by atoms with E-state index in [0.29, 0.717) is 0 Å². The number of carbonyl (C=O) groups excluding carboxylic acids is 1. The first-order valence-corrected chi connectivity index (χ1v) is 5.05. The third kappa shape index (κ3) is 1.73. The Morgan fingerprint density at radius 2 is 1.73 bits per heavy atom. The highest BCUT2D eigenvalue weighted by atomic mass is 19.3. The minimum atomic E-state index is -2.62. The van der Waals surface area contributed by atoms with Crippen LogP contribution in [0.1, 0.15) is 25.7 Å². The van der Waals surface area contributed by atoms with Crippen LogP contribution in [0.2, 0.25) is 0 Å². The summed E-state index contributed by atoms with van der Waals surface area (Å²) in [6.07, 6.45) is -0.201. The standard InChI is InChI=1S/C10H14F2O3/c1-15-8(13)9(14)2-6-4-10(11,12)5-7(6)3-9/h6-7,14H,2-5H2,1H3. The monoisotopic (exact) mass is 220 g/mol. The number of aliphatic hydroxyl groups is 1. The molecule has 1 N–H and O–H groups in total. The van der Waals surface area contributed by atoms with Crippen molar-refractivity contribution in [1.82, 2.24) is 0 Å². The normalized spacial score (nSPS) is 42.7. The van der Waals surface area contributed by atoms with Crippen molar-refractivity contribution in [3.05, 3.63) is 0 Å². The number of halogens is 2. The zero-order valence-corrected chi connectivity index (χ0v) is 8.50. The minimum absolute atomic E-state index is 0.111. The molecule has 0 bridgehead atoms. The zero-order chi connectivity index (χ0) is 11.3. The van der Waals surface area contributed by atoms with Crippen molar-refractivity contribution in [1.29, 1.82) is 0 Å². The number of methoxy groups -OCH3 is 1. The summed E-state index contributed by atoms with van der Waals surface area (Å²) >= 11 is 0. The van der Waals surface area contributed by atoms with Gasteiger partial charge in [-0.05, 0) is 24.7 Å². The van der Waals surface area contributed by atoms with Crippen molar-refractivity contribution < 1.29 is 23.4 Å². The SMILES string of the molecule is COC(=O)C1(O)CC2CC(F)(F)CC2C1. The molecule has 2 unspecified atom stereocenters. The fraction of sp³-hybridized carbons (Fsp3) is 0.900. The molecule has 86 valence electrons. The number of esters is 1. The maximum absolute atomic E-state index is 13.0. The van der Waals surface area contributed by atoms with Gasteiger partial charge in [0, 0.05) is 12.8 Å². The molecule has 2 fully saturated rings. The lowest BCUT2D eigenvalue weighted by atomic mass is 9.97. The summed E-state index contributed by atoms with van der Waals surface area (Å²) in [6, 6.07) is 0. The van der Waals surface area contributed by atoms with Gasteiger partial charge in [0.25, 0.3) is 0 Å². The highest BCUT2D eigenvalue weighted by Gasteiger charge is 2.57. The molecule has 0 saturated heterocycles. The molecule has 15 heavy (non-hydrogen) atoms. The summed E-state index contributed by atoms with van der Waals surface area (Å²) in [4.78, 5) is 11.3. The molecular weight excluding hydrogens is 206 g/mol. The predicted octanol–water partition coefficient (Wildman–Crippen LogP) is 1.35. The van der Waals surface area contributed by atoms with E-state index in [2.05, 4.69) is 4.74 Å². The van der Waals surface area contributed by atoms with Gasteiger partial charge in [-0.15, -0.1) is 0 Å². The fourth-order valence-electron chi connectivity index (χ4n) is 2.97. The van der Waals surface area contributed by atoms with Gasteiger partial charge in [0.05, 0.1) is 7.11 Å². The van der Waals surface area contributed by atoms with Crippen LogP contribution >= 0.6 is 0 Å². The van der Waals surface area contributed by atoms with Gasteiger partial charge >= 0.3 is 5.97 Å². The average Bonchev–Trinajstić information content (AvgIpc) is 2.53. The number of rotatable bonds is 1. The first-order chi connectivity index (χ1) is 6.86. The number of ether oxygens (including phenoxy) is 1. The Bertz CT molecular complexity index is 274. The molecule has 0 radical (unpaired) electrons. The lowest BCUT2D eigenvalue weighted by Crippen LogP contribution is -2.38. The van der Waals surface area contributed by atoms with Crippen molar-refractivity contribution >= 4 is 5.97 Å². The lowest BCUT2D eigenvalue weighted by molar-refractivity contribution is -0.162. The van der Waals surface area contributed by atoms with E-state index >= 15 is 0 Å². The summed E-state index contributed by atoms with van der Waals surface area (Å²) in [6.45, 7) is 0. The Labute approximate surface area is 86.4 Å². The summed E-state index contributed by atoms with van der Waals surface area (Å²) in [5.74, 6) is -3.80. The third-order valence-corrected chi connectivity index (χ3v) is 3.55. The molecule has 0 aromatic heterocycles. The summed E-state index contributed by atoms with van der Waals surface area (Å²) < 4.78 is 30.5. The van der Waals surface area contributed by atoms with Crippen molar-refractivity contribution in [2.45, 2.75) is 37.2 Å². The van der Waals surface area contributed by atoms with Gasteiger partial charge in [-0.1, -0.05) is 0 Å². The van der Waals surface area contributed by atoms with Crippen LogP contribution in [0.4, 0.5) is 8.78 Å². The third-order valence-electron chi connectivity index (χ3n) is 3.55. The zero-order valence-electron chi connectivity index (χ0n) is 8.50. The molecule has 0 aromatic carbocycles. The molecule has 5 heteroatoms. The van der Waals surface area contributed by atoms with E-state index in [4.69, 9.17) is 0 Å². The van der Waals surface area contributed by atoms with Crippen LogP contribution in [0.3, 0.4) is 0 Å². The Balaban J connectivity index is 2.08. The van der Waals surface area contributed by atoms with Crippen LogP contribution < -0.4 is 0 Å². The van der Waals surface area contributed by atoms with Crippen molar-refractivity contribution in [2.75, 3.05) is 7.11 Å². The first-order valence-electron chi connectivity index (χ1n) is 5.05. The quantitative estimate of drug-likeness (QED) is 0.678. The summed E-state index contributed by atoms with van der Waals surface area (Å²) in [5.41, 5.74) is -1.53. The van der Waals surface area contributed by atoms with Gasteiger partial charge in [0.15, 0.2) is 5.60 Å². The minimum Gasteiger partial charge on any atom is -0.467 e. The van der Waals surface area contributed by atoms with Crippen LogP contribution in [0.15, 0.2) is 0 Å². The Morgan fingerprint density at radius 3 is 2.13 bits per heavy atom. The van der Waals surface area contributed by atoms with Crippen LogP contribution in [0.25, 0.3) is 0 Å². The number of carbonyl (C=O) groups is 1. The van der Waals surface area contributed by atoms with E-state index in [0.717, 1.165) is 0 Å². The topological polar surface area (TPSA) is 46.5 Å². The second kappa shape index (κ2) is 3.14. The van der Waals surface area contributed by atoms with Crippen LogP contribution in [0, 0.1) is 11.8 Å². The number of hydrogen-bond acceptors (Lipinski definition) is 3. The fourth-order valence-corrected chi connectivity index (χ4v) is 2.97. The largest absolute Gasteiger partial charge is 0.467 e. The Morgan fingerprint density at radius 1 is 1.27 bits per heavy atom. The second-order valence-corrected chi connectivity index (χ2v) is 4.72. The predicted molar refractivity (Wildman–Crippen MR) is 47.4 cm³/mol. The average molecular weight is 220 g/mol. The lowest BCUT2D eigenvalue weighted by Gasteiger charge is -2.21. The molecule has 2 atom stereocenters. The van der Waals surface area contributed by atoms with E-state index in [-0.39, 0.29) is 37.5 Å². The Hall–Kier alpha value is -0.710. The van der Waals surface area contributed by atoms with Gasteiger partial charge in [0.1, 0.15) is 0 Å². The molecule has 0 spiro atoms. The maximum Gasteiger partial charge on any atom is 0.337 e. The van der Waals surface area contributed by atoms with Crippen molar-refractivity contribution in [3.63, 3.8) is 0 Å².